The Bertz CT molecular complexity index is 823. The average Bonchev–Trinajstić information content (AvgIpc) is 2.53. The van der Waals surface area contributed by atoms with Crippen LogP contribution in [-0.2, 0) is 6.18 Å². The molecule has 9 heteroatoms. The third kappa shape index (κ3) is 4.04. The van der Waals surface area contributed by atoms with Gasteiger partial charge in [0.1, 0.15) is 5.82 Å². The predicted molar refractivity (Wildman–Crippen MR) is 93.7 cm³/mol. The highest BCUT2D eigenvalue weighted by Crippen LogP contribution is 2.35. The summed E-state index contributed by atoms with van der Waals surface area (Å²) in [6, 6.07) is 7.61. The average molecular weight is 404 g/mol. The molecule has 0 saturated carbocycles. The summed E-state index contributed by atoms with van der Waals surface area (Å²) in [5.41, 5.74) is -0.479. The van der Waals surface area contributed by atoms with Crippen LogP contribution in [0.25, 0.3) is 0 Å². The van der Waals surface area contributed by atoms with Gasteiger partial charge >= 0.3 is 6.18 Å². The first-order chi connectivity index (χ1) is 12.3. The number of carbonyl (C=O) groups excluding carboxylic acids is 1. The van der Waals surface area contributed by atoms with Crippen LogP contribution in [0.1, 0.15) is 15.9 Å². The fourth-order valence-electron chi connectivity index (χ4n) is 2.67. The molecule has 2 aromatic rings. The molecule has 138 valence electrons. The van der Waals surface area contributed by atoms with Crippen LogP contribution < -0.4 is 10.2 Å². The summed E-state index contributed by atoms with van der Waals surface area (Å²) in [7, 11) is 0. The molecule has 3 rings (SSSR count). The van der Waals surface area contributed by atoms with Crippen LogP contribution in [-0.4, -0.2) is 30.5 Å². The molecular weight excluding hydrogens is 390 g/mol. The monoisotopic (exact) mass is 403 g/mol. The third-order valence-corrected chi connectivity index (χ3v) is 4.68. The van der Waals surface area contributed by atoms with E-state index in [1.807, 2.05) is 0 Å². The predicted octanol–water partition coefficient (Wildman–Crippen LogP) is 4.27. The number of halogens is 5. The zero-order valence-corrected chi connectivity index (χ0v) is 14.9. The zero-order chi connectivity index (χ0) is 18.9. The molecule has 2 heterocycles. The summed E-state index contributed by atoms with van der Waals surface area (Å²) < 4.78 is 37.9. The Kier molecular flexibility index (Phi) is 5.29. The van der Waals surface area contributed by atoms with Crippen LogP contribution in [0, 0.1) is 5.92 Å². The lowest BCUT2D eigenvalue weighted by Crippen LogP contribution is -2.52. The maximum absolute atomic E-state index is 12.6. The molecule has 1 aromatic heterocycles. The number of benzene rings is 1. The van der Waals surface area contributed by atoms with Crippen molar-refractivity contribution in [3.8, 4) is 0 Å². The fourth-order valence-corrected chi connectivity index (χ4v) is 3.18. The van der Waals surface area contributed by atoms with Crippen molar-refractivity contribution < 1.29 is 18.0 Å². The number of rotatable bonds is 4. The van der Waals surface area contributed by atoms with Crippen LogP contribution in [0.2, 0.25) is 10.0 Å². The number of hydrogen-bond donors (Lipinski definition) is 1. The van der Waals surface area contributed by atoms with Gasteiger partial charge in [-0.1, -0.05) is 35.3 Å². The fraction of sp³-hybridized carbons (Fsp3) is 0.294. The van der Waals surface area contributed by atoms with Crippen LogP contribution in [0.5, 0.6) is 0 Å². The molecule has 1 amide bonds. The highest BCUT2D eigenvalue weighted by atomic mass is 35.5. The van der Waals surface area contributed by atoms with Crippen molar-refractivity contribution in [2.75, 3.05) is 24.5 Å². The molecule has 0 unspecified atom stereocenters. The number of hydrogen-bond acceptors (Lipinski definition) is 3. The van der Waals surface area contributed by atoms with Gasteiger partial charge in [0.05, 0.1) is 21.2 Å². The first kappa shape index (κ1) is 18.8. The van der Waals surface area contributed by atoms with E-state index in [4.69, 9.17) is 23.2 Å². The number of nitrogens with one attached hydrogen (secondary N) is 1. The number of aromatic nitrogens is 1. The minimum Gasteiger partial charge on any atom is -0.355 e. The lowest BCUT2D eigenvalue weighted by molar-refractivity contribution is -0.137. The number of anilines is 1. The largest absolute Gasteiger partial charge is 0.417 e. The molecule has 0 radical (unpaired) electrons. The number of carbonyl (C=O) groups is 1. The minimum absolute atomic E-state index is 0.0432. The minimum atomic E-state index is -4.48. The molecule has 1 fully saturated rings. The van der Waals surface area contributed by atoms with E-state index < -0.39 is 11.7 Å². The Morgan fingerprint density at radius 1 is 1.23 bits per heavy atom. The normalized spacial score (nSPS) is 14.9. The van der Waals surface area contributed by atoms with E-state index in [1.54, 1.807) is 29.2 Å². The maximum atomic E-state index is 12.6. The van der Waals surface area contributed by atoms with Crippen LogP contribution in [0.3, 0.4) is 0 Å². The standard InChI is InChI=1S/C17H14Cl2F3N3O/c18-13-4-2-1-3-12(13)16(26)24-6-10-8-25(9-10)15-14(19)5-11(7-23-15)17(20,21)22/h1-5,7,10H,6,8-9H2,(H,24,26). The van der Waals surface area contributed by atoms with E-state index in [1.165, 1.54) is 0 Å². The van der Waals surface area contributed by atoms with Crippen molar-refractivity contribution in [1.82, 2.24) is 10.3 Å². The van der Waals surface area contributed by atoms with Gasteiger partial charge in [0.2, 0.25) is 0 Å². The van der Waals surface area contributed by atoms with E-state index in [-0.39, 0.29) is 16.8 Å². The molecule has 1 aliphatic rings. The van der Waals surface area contributed by atoms with Gasteiger partial charge in [0.25, 0.3) is 5.91 Å². The number of amides is 1. The van der Waals surface area contributed by atoms with Crippen molar-refractivity contribution in [2.24, 2.45) is 5.92 Å². The first-order valence-electron chi connectivity index (χ1n) is 7.76. The van der Waals surface area contributed by atoms with E-state index in [9.17, 15) is 18.0 Å². The Morgan fingerprint density at radius 2 is 1.92 bits per heavy atom. The van der Waals surface area contributed by atoms with Crippen LogP contribution in [0.4, 0.5) is 19.0 Å². The second-order valence-electron chi connectivity index (χ2n) is 5.99. The van der Waals surface area contributed by atoms with Crippen molar-refractivity contribution >= 4 is 34.9 Å². The molecule has 26 heavy (non-hydrogen) atoms. The van der Waals surface area contributed by atoms with Crippen LogP contribution >= 0.6 is 23.2 Å². The summed E-state index contributed by atoms with van der Waals surface area (Å²) >= 11 is 11.9. The summed E-state index contributed by atoms with van der Waals surface area (Å²) in [4.78, 5) is 17.7. The smallest absolute Gasteiger partial charge is 0.355 e. The molecule has 1 saturated heterocycles. The first-order valence-corrected chi connectivity index (χ1v) is 8.51. The second-order valence-corrected chi connectivity index (χ2v) is 6.80. The van der Waals surface area contributed by atoms with Gasteiger partial charge < -0.3 is 10.2 Å². The van der Waals surface area contributed by atoms with Gasteiger partial charge in [-0.15, -0.1) is 0 Å². The SMILES string of the molecule is O=C(NCC1CN(c2ncc(C(F)(F)F)cc2Cl)C1)c1ccccc1Cl. The lowest BCUT2D eigenvalue weighted by Gasteiger charge is -2.40. The van der Waals surface area contributed by atoms with Crippen molar-refractivity contribution in [1.29, 1.82) is 0 Å². The number of pyridine rings is 1. The number of nitrogens with zero attached hydrogens (tertiary/aromatic N) is 2. The molecular formula is C17H14Cl2F3N3O. The molecule has 0 atom stereocenters. The number of alkyl halides is 3. The summed E-state index contributed by atoms with van der Waals surface area (Å²) in [5, 5.41) is 3.14. The molecule has 0 spiro atoms. The Hall–Kier alpha value is -1.99. The molecule has 4 nitrogen and oxygen atoms in total. The molecule has 0 bridgehead atoms. The summed E-state index contributed by atoms with van der Waals surface area (Å²) in [6.07, 6.45) is -3.70. The maximum Gasteiger partial charge on any atom is 0.417 e. The van der Waals surface area contributed by atoms with Crippen molar-refractivity contribution in [2.45, 2.75) is 6.18 Å². The van der Waals surface area contributed by atoms with E-state index >= 15 is 0 Å². The van der Waals surface area contributed by atoms with E-state index in [2.05, 4.69) is 10.3 Å². The van der Waals surface area contributed by atoms with Gasteiger partial charge in [0, 0.05) is 31.7 Å². The highest BCUT2D eigenvalue weighted by Gasteiger charge is 2.34. The molecule has 1 N–H and O–H groups in total. The second kappa shape index (κ2) is 7.32. The van der Waals surface area contributed by atoms with Gasteiger partial charge in [-0.2, -0.15) is 13.2 Å². The topological polar surface area (TPSA) is 45.2 Å². The quantitative estimate of drug-likeness (QED) is 0.828. The third-order valence-electron chi connectivity index (χ3n) is 4.08. The molecule has 1 aromatic carbocycles. The van der Waals surface area contributed by atoms with E-state index in [0.29, 0.717) is 36.0 Å². The Balaban J connectivity index is 1.53. The molecule has 1 aliphatic heterocycles. The van der Waals surface area contributed by atoms with Crippen LogP contribution in [0.15, 0.2) is 36.5 Å². The van der Waals surface area contributed by atoms with Gasteiger partial charge in [-0.05, 0) is 18.2 Å². The highest BCUT2D eigenvalue weighted by molar-refractivity contribution is 6.34. The van der Waals surface area contributed by atoms with Crippen molar-refractivity contribution in [3.05, 3.63) is 57.7 Å². The van der Waals surface area contributed by atoms with E-state index in [0.717, 1.165) is 12.3 Å². The molecule has 0 aliphatic carbocycles. The van der Waals surface area contributed by atoms with Gasteiger partial charge in [-0.25, -0.2) is 4.98 Å². The van der Waals surface area contributed by atoms with Crippen molar-refractivity contribution in [3.63, 3.8) is 0 Å². The summed E-state index contributed by atoms with van der Waals surface area (Å²) in [5.74, 6) is 0.203. The summed E-state index contributed by atoms with van der Waals surface area (Å²) in [6.45, 7) is 1.51. The zero-order valence-electron chi connectivity index (χ0n) is 13.4. The lowest BCUT2D eigenvalue weighted by atomic mass is 10.00. The van der Waals surface area contributed by atoms with Gasteiger partial charge in [-0.3, -0.25) is 4.79 Å². The van der Waals surface area contributed by atoms with Gasteiger partial charge in [0.15, 0.2) is 0 Å². The Morgan fingerprint density at radius 3 is 2.54 bits per heavy atom. The Labute approximate surface area is 157 Å².